The predicted octanol–water partition coefficient (Wildman–Crippen LogP) is 5.59. The number of aryl methyl sites for hydroxylation is 1. The van der Waals surface area contributed by atoms with E-state index >= 15 is 0 Å². The molecule has 0 fully saturated rings. The molecule has 3 aromatic carbocycles. The van der Waals surface area contributed by atoms with Crippen molar-refractivity contribution in [2.24, 2.45) is 5.92 Å². The van der Waals surface area contributed by atoms with Gasteiger partial charge in [0.05, 0.1) is 11.1 Å². The van der Waals surface area contributed by atoms with Crippen molar-refractivity contribution in [3.05, 3.63) is 113 Å². The van der Waals surface area contributed by atoms with Gasteiger partial charge in [-0.2, -0.15) is 0 Å². The molecule has 0 aliphatic rings. The first-order valence-corrected chi connectivity index (χ1v) is 9.89. The molecule has 0 aliphatic heterocycles. The van der Waals surface area contributed by atoms with Crippen LogP contribution in [0.1, 0.15) is 43.8 Å². The van der Waals surface area contributed by atoms with Crippen LogP contribution in [0.2, 0.25) is 0 Å². The molecule has 4 nitrogen and oxygen atoms in total. The van der Waals surface area contributed by atoms with E-state index in [1.165, 1.54) is 0 Å². The van der Waals surface area contributed by atoms with E-state index < -0.39 is 11.9 Å². The van der Waals surface area contributed by atoms with Crippen molar-refractivity contribution in [1.29, 1.82) is 0 Å². The van der Waals surface area contributed by atoms with Crippen molar-refractivity contribution in [3.63, 3.8) is 0 Å². The first kappa shape index (κ1) is 21.1. The molecule has 30 heavy (non-hydrogen) atoms. The topological polar surface area (TPSA) is 74.6 Å². The molecule has 152 valence electrons. The zero-order valence-electron chi connectivity index (χ0n) is 16.6. The Balaban J connectivity index is 1.71. The minimum atomic E-state index is -0.924. The number of benzene rings is 3. The summed E-state index contributed by atoms with van der Waals surface area (Å²) in [6.07, 6.45) is 6.85. The molecule has 3 rings (SSSR count). The summed E-state index contributed by atoms with van der Waals surface area (Å²) < 4.78 is 0. The number of carboxylic acid groups (broad SMARTS) is 2. The molecule has 0 saturated carbocycles. The van der Waals surface area contributed by atoms with Gasteiger partial charge >= 0.3 is 11.9 Å². The normalized spacial score (nSPS) is 12.0. The van der Waals surface area contributed by atoms with Gasteiger partial charge in [0.1, 0.15) is 0 Å². The van der Waals surface area contributed by atoms with Crippen LogP contribution in [0.25, 0.3) is 6.08 Å². The lowest BCUT2D eigenvalue weighted by Gasteiger charge is -2.14. The van der Waals surface area contributed by atoms with Gasteiger partial charge in [-0.1, -0.05) is 66.7 Å². The molecule has 0 aliphatic carbocycles. The van der Waals surface area contributed by atoms with Gasteiger partial charge in [-0.3, -0.25) is 0 Å². The van der Waals surface area contributed by atoms with Gasteiger partial charge in [-0.15, -0.1) is 0 Å². The lowest BCUT2D eigenvalue weighted by atomic mass is 9.91. The van der Waals surface area contributed by atoms with Crippen LogP contribution in [0, 0.1) is 5.92 Å². The van der Waals surface area contributed by atoms with Gasteiger partial charge in [0.15, 0.2) is 0 Å². The van der Waals surface area contributed by atoms with Gasteiger partial charge in [0, 0.05) is 0 Å². The van der Waals surface area contributed by atoms with Crippen molar-refractivity contribution in [2.75, 3.05) is 0 Å². The van der Waals surface area contributed by atoms with Gasteiger partial charge in [0.2, 0.25) is 0 Å². The third-order valence-corrected chi connectivity index (χ3v) is 5.06. The Labute approximate surface area is 176 Å². The molecular weight excluding hydrogens is 376 g/mol. The highest BCUT2D eigenvalue weighted by Gasteiger charge is 2.10. The number of aromatic carboxylic acids is 2. The Hall–Kier alpha value is -3.66. The van der Waals surface area contributed by atoms with Gasteiger partial charge < -0.3 is 10.2 Å². The molecule has 0 heterocycles. The third-order valence-electron chi connectivity index (χ3n) is 5.06. The summed E-state index contributed by atoms with van der Waals surface area (Å²) in [6.45, 7) is 0. The van der Waals surface area contributed by atoms with Crippen molar-refractivity contribution in [3.8, 4) is 0 Å². The van der Waals surface area contributed by atoms with Crippen LogP contribution >= 0.6 is 0 Å². The SMILES string of the molecule is O=C(O)c1ccc(CCC(C=Cc2ccccc2)Cc2ccc(C(=O)O)cc2)cc1. The maximum Gasteiger partial charge on any atom is 0.335 e. The van der Waals surface area contributed by atoms with Crippen LogP contribution in [0.4, 0.5) is 0 Å². The maximum absolute atomic E-state index is 11.1. The van der Waals surface area contributed by atoms with E-state index in [9.17, 15) is 9.59 Å². The predicted molar refractivity (Wildman–Crippen MR) is 118 cm³/mol. The van der Waals surface area contributed by atoms with Crippen LogP contribution < -0.4 is 0 Å². The Kier molecular flexibility index (Phi) is 7.17. The van der Waals surface area contributed by atoms with Gasteiger partial charge in [-0.25, -0.2) is 9.59 Å². The number of hydrogen-bond acceptors (Lipinski definition) is 2. The maximum atomic E-state index is 11.1. The van der Waals surface area contributed by atoms with Crippen molar-refractivity contribution >= 4 is 18.0 Å². The summed E-state index contributed by atoms with van der Waals surface area (Å²) in [5.74, 6) is -1.58. The number of carbonyl (C=O) groups is 2. The average molecular weight is 400 g/mol. The zero-order valence-corrected chi connectivity index (χ0v) is 16.6. The first-order valence-electron chi connectivity index (χ1n) is 9.89. The summed E-state index contributed by atoms with van der Waals surface area (Å²) in [7, 11) is 0. The molecule has 0 amide bonds. The largest absolute Gasteiger partial charge is 0.478 e. The van der Waals surface area contributed by atoms with Crippen LogP contribution in [0.3, 0.4) is 0 Å². The number of allylic oxidation sites excluding steroid dienone is 1. The second-order valence-electron chi connectivity index (χ2n) is 7.28. The highest BCUT2D eigenvalue weighted by atomic mass is 16.4. The molecule has 0 aromatic heterocycles. The Bertz CT molecular complexity index is 1000. The third kappa shape index (κ3) is 6.17. The monoisotopic (exact) mass is 400 g/mol. The summed E-state index contributed by atoms with van der Waals surface area (Å²) in [5.41, 5.74) is 3.89. The van der Waals surface area contributed by atoms with Crippen LogP contribution in [-0.2, 0) is 12.8 Å². The van der Waals surface area contributed by atoms with E-state index in [0.717, 1.165) is 36.0 Å². The molecule has 0 radical (unpaired) electrons. The first-order chi connectivity index (χ1) is 14.5. The zero-order chi connectivity index (χ0) is 21.3. The number of hydrogen-bond donors (Lipinski definition) is 2. The van der Waals surface area contributed by atoms with Crippen molar-refractivity contribution < 1.29 is 19.8 Å². The molecule has 4 heteroatoms. The van der Waals surface area contributed by atoms with Crippen LogP contribution in [0.5, 0.6) is 0 Å². The molecule has 0 spiro atoms. The fraction of sp³-hybridized carbons (Fsp3) is 0.154. The molecular formula is C26H24O4. The lowest BCUT2D eigenvalue weighted by Crippen LogP contribution is -2.05. The van der Waals surface area contributed by atoms with E-state index in [0.29, 0.717) is 0 Å². The van der Waals surface area contributed by atoms with E-state index in [4.69, 9.17) is 10.2 Å². The Morgan fingerprint density at radius 2 is 1.27 bits per heavy atom. The highest BCUT2D eigenvalue weighted by molar-refractivity contribution is 5.88. The molecule has 0 saturated heterocycles. The molecule has 2 N–H and O–H groups in total. The van der Waals surface area contributed by atoms with E-state index in [2.05, 4.69) is 24.3 Å². The average Bonchev–Trinajstić information content (AvgIpc) is 2.77. The minimum absolute atomic E-state index is 0.264. The Morgan fingerprint density at radius 1 is 0.733 bits per heavy atom. The smallest absolute Gasteiger partial charge is 0.335 e. The van der Waals surface area contributed by atoms with E-state index in [1.807, 2.05) is 42.5 Å². The van der Waals surface area contributed by atoms with E-state index in [-0.39, 0.29) is 17.0 Å². The summed E-state index contributed by atoms with van der Waals surface area (Å²) >= 11 is 0. The minimum Gasteiger partial charge on any atom is -0.478 e. The molecule has 1 atom stereocenters. The lowest BCUT2D eigenvalue weighted by molar-refractivity contribution is 0.0686. The fourth-order valence-corrected chi connectivity index (χ4v) is 3.33. The fourth-order valence-electron chi connectivity index (χ4n) is 3.33. The molecule has 3 aromatic rings. The summed E-state index contributed by atoms with van der Waals surface area (Å²) in [5, 5.41) is 18.1. The second kappa shape index (κ2) is 10.2. The number of rotatable bonds is 9. The quantitative estimate of drug-likeness (QED) is 0.491. The van der Waals surface area contributed by atoms with Gasteiger partial charge in [-0.05, 0) is 66.1 Å². The van der Waals surface area contributed by atoms with Crippen LogP contribution in [0.15, 0.2) is 84.9 Å². The standard InChI is InChI=1S/C26H24O4/c27-25(28)23-14-10-20(11-15-23)7-9-21(8-6-19-4-2-1-3-5-19)18-22-12-16-24(17-13-22)26(29)30/h1-6,8,10-17,21H,7,9,18H2,(H,27,28)(H,29,30). The van der Waals surface area contributed by atoms with Gasteiger partial charge in [0.25, 0.3) is 0 Å². The Morgan fingerprint density at radius 3 is 1.80 bits per heavy atom. The number of carboxylic acids is 2. The van der Waals surface area contributed by atoms with Crippen molar-refractivity contribution in [1.82, 2.24) is 0 Å². The molecule has 0 bridgehead atoms. The van der Waals surface area contributed by atoms with Crippen LogP contribution in [-0.4, -0.2) is 22.2 Å². The highest BCUT2D eigenvalue weighted by Crippen LogP contribution is 2.20. The van der Waals surface area contributed by atoms with Crippen molar-refractivity contribution in [2.45, 2.75) is 19.3 Å². The summed E-state index contributed by atoms with van der Waals surface area (Å²) in [6, 6.07) is 24.1. The molecule has 1 unspecified atom stereocenters. The van der Waals surface area contributed by atoms with E-state index in [1.54, 1.807) is 24.3 Å². The summed E-state index contributed by atoms with van der Waals surface area (Å²) in [4.78, 5) is 22.1. The second-order valence-corrected chi connectivity index (χ2v) is 7.28.